The van der Waals surface area contributed by atoms with Crippen LogP contribution in [0.25, 0.3) is 0 Å². The Morgan fingerprint density at radius 3 is 2.30 bits per heavy atom. The lowest BCUT2D eigenvalue weighted by atomic mass is 10.1. The van der Waals surface area contributed by atoms with E-state index < -0.39 is 10.0 Å². The molecule has 1 saturated heterocycles. The van der Waals surface area contributed by atoms with Gasteiger partial charge in [-0.2, -0.15) is 4.31 Å². The summed E-state index contributed by atoms with van der Waals surface area (Å²) < 4.78 is 27.7. The highest BCUT2D eigenvalue weighted by atomic mass is 32.2. The molecule has 1 aliphatic heterocycles. The van der Waals surface area contributed by atoms with E-state index in [0.29, 0.717) is 6.42 Å². The van der Waals surface area contributed by atoms with Crippen LogP contribution in [-0.2, 0) is 10.0 Å². The van der Waals surface area contributed by atoms with Crippen LogP contribution in [0.2, 0.25) is 0 Å². The van der Waals surface area contributed by atoms with E-state index in [2.05, 4.69) is 0 Å². The van der Waals surface area contributed by atoms with E-state index in [0.717, 1.165) is 17.5 Å². The van der Waals surface area contributed by atoms with Crippen molar-refractivity contribution in [3.63, 3.8) is 0 Å². The van der Waals surface area contributed by atoms with Gasteiger partial charge in [0.1, 0.15) is 0 Å². The molecule has 1 N–H and O–H groups in total. The number of aryl methyl sites for hydroxylation is 1. The van der Waals surface area contributed by atoms with Crippen LogP contribution in [0, 0.1) is 6.92 Å². The van der Waals surface area contributed by atoms with Crippen molar-refractivity contribution in [1.29, 1.82) is 0 Å². The third-order valence-corrected chi connectivity index (χ3v) is 6.41. The van der Waals surface area contributed by atoms with Gasteiger partial charge in [-0.05, 0) is 37.5 Å². The Labute approximate surface area is 137 Å². The minimum absolute atomic E-state index is 0.158. The summed E-state index contributed by atoms with van der Waals surface area (Å²) in [6.07, 6.45) is 1.39. The standard InChI is InChI=1S/C18H21NO3S/c1-14-7-10-17(11-8-14)23(21,22)19-16(13-20)9-12-18(19)15-5-3-2-4-6-15/h2-8,10-11,16,18,20H,9,12-13H2,1H3/t16-,18-/m1/s1. The maximum absolute atomic E-state index is 13.1. The zero-order chi connectivity index (χ0) is 16.4. The van der Waals surface area contributed by atoms with Crippen LogP contribution in [0.3, 0.4) is 0 Å². The molecule has 0 radical (unpaired) electrons. The van der Waals surface area contributed by atoms with E-state index in [1.54, 1.807) is 24.3 Å². The molecule has 0 spiro atoms. The molecule has 1 aliphatic rings. The summed E-state index contributed by atoms with van der Waals surface area (Å²) in [6.45, 7) is 1.77. The molecule has 2 aromatic carbocycles. The van der Waals surface area contributed by atoms with Gasteiger partial charge in [0.2, 0.25) is 10.0 Å². The number of hydrogen-bond acceptors (Lipinski definition) is 3. The molecule has 0 bridgehead atoms. The minimum Gasteiger partial charge on any atom is -0.395 e. The van der Waals surface area contributed by atoms with Gasteiger partial charge in [-0.3, -0.25) is 0 Å². The summed E-state index contributed by atoms with van der Waals surface area (Å²) in [5, 5.41) is 9.65. The number of aliphatic hydroxyl groups is 1. The average molecular weight is 331 g/mol. The van der Waals surface area contributed by atoms with E-state index in [-0.39, 0.29) is 23.6 Å². The number of nitrogens with zero attached hydrogens (tertiary/aromatic N) is 1. The van der Waals surface area contributed by atoms with Crippen molar-refractivity contribution in [3.05, 3.63) is 65.7 Å². The first-order valence-corrected chi connectivity index (χ1v) is 9.24. The molecular formula is C18H21NO3S. The Balaban J connectivity index is 2.03. The van der Waals surface area contributed by atoms with Gasteiger partial charge in [-0.1, -0.05) is 48.0 Å². The zero-order valence-corrected chi connectivity index (χ0v) is 13.9. The third kappa shape index (κ3) is 3.04. The third-order valence-electron chi connectivity index (χ3n) is 4.43. The largest absolute Gasteiger partial charge is 0.395 e. The van der Waals surface area contributed by atoms with Crippen LogP contribution in [0.4, 0.5) is 0 Å². The van der Waals surface area contributed by atoms with E-state index in [1.165, 1.54) is 4.31 Å². The van der Waals surface area contributed by atoms with Crippen LogP contribution in [0.5, 0.6) is 0 Å². The predicted octanol–water partition coefficient (Wildman–Crippen LogP) is 2.88. The lowest BCUT2D eigenvalue weighted by molar-refractivity contribution is 0.197. The highest BCUT2D eigenvalue weighted by molar-refractivity contribution is 7.89. The summed E-state index contributed by atoms with van der Waals surface area (Å²) in [5.74, 6) is 0. The van der Waals surface area contributed by atoms with Gasteiger partial charge in [0.05, 0.1) is 17.5 Å². The maximum Gasteiger partial charge on any atom is 0.243 e. The molecule has 0 aliphatic carbocycles. The zero-order valence-electron chi connectivity index (χ0n) is 13.1. The van der Waals surface area contributed by atoms with Gasteiger partial charge in [-0.15, -0.1) is 0 Å². The number of aliphatic hydroxyl groups excluding tert-OH is 1. The van der Waals surface area contributed by atoms with Crippen molar-refractivity contribution in [3.8, 4) is 0 Å². The highest BCUT2D eigenvalue weighted by Gasteiger charge is 2.42. The van der Waals surface area contributed by atoms with Crippen LogP contribution in [0.1, 0.15) is 30.0 Å². The summed E-state index contributed by atoms with van der Waals surface area (Å²) >= 11 is 0. The van der Waals surface area contributed by atoms with Crippen LogP contribution < -0.4 is 0 Å². The summed E-state index contributed by atoms with van der Waals surface area (Å²) in [7, 11) is -3.64. The summed E-state index contributed by atoms with van der Waals surface area (Å²) in [6, 6.07) is 15.9. The van der Waals surface area contributed by atoms with Crippen molar-refractivity contribution < 1.29 is 13.5 Å². The Morgan fingerprint density at radius 1 is 1.04 bits per heavy atom. The quantitative estimate of drug-likeness (QED) is 0.937. The molecular weight excluding hydrogens is 310 g/mol. The van der Waals surface area contributed by atoms with Crippen molar-refractivity contribution in [1.82, 2.24) is 4.31 Å². The Bertz CT molecular complexity index is 757. The first kappa shape index (κ1) is 16.2. The van der Waals surface area contributed by atoms with Gasteiger partial charge in [0, 0.05) is 6.04 Å². The van der Waals surface area contributed by atoms with E-state index >= 15 is 0 Å². The van der Waals surface area contributed by atoms with Crippen LogP contribution in [0.15, 0.2) is 59.5 Å². The summed E-state index contributed by atoms with van der Waals surface area (Å²) in [4.78, 5) is 0.282. The van der Waals surface area contributed by atoms with Crippen LogP contribution >= 0.6 is 0 Å². The first-order chi connectivity index (χ1) is 11.0. The minimum atomic E-state index is -3.64. The molecule has 0 aromatic heterocycles. The second-order valence-corrected chi connectivity index (χ2v) is 7.83. The molecule has 0 amide bonds. The molecule has 4 nitrogen and oxygen atoms in total. The SMILES string of the molecule is Cc1ccc(S(=O)(=O)N2[C@@H](CO)CC[C@@H]2c2ccccc2)cc1. The van der Waals surface area contributed by atoms with Gasteiger partial charge < -0.3 is 5.11 Å². The molecule has 2 aromatic rings. The molecule has 3 rings (SSSR count). The van der Waals surface area contributed by atoms with Crippen molar-refractivity contribution in [2.24, 2.45) is 0 Å². The van der Waals surface area contributed by atoms with Gasteiger partial charge in [0.25, 0.3) is 0 Å². The molecule has 5 heteroatoms. The predicted molar refractivity (Wildman–Crippen MR) is 89.5 cm³/mol. The van der Waals surface area contributed by atoms with Gasteiger partial charge in [0.15, 0.2) is 0 Å². The van der Waals surface area contributed by atoms with E-state index in [9.17, 15) is 13.5 Å². The molecule has 1 fully saturated rings. The van der Waals surface area contributed by atoms with Crippen LogP contribution in [-0.4, -0.2) is 30.5 Å². The second kappa shape index (κ2) is 6.43. The van der Waals surface area contributed by atoms with Gasteiger partial charge >= 0.3 is 0 Å². The molecule has 122 valence electrons. The lowest BCUT2D eigenvalue weighted by Crippen LogP contribution is -2.39. The molecule has 0 unspecified atom stereocenters. The topological polar surface area (TPSA) is 57.6 Å². The van der Waals surface area contributed by atoms with E-state index in [4.69, 9.17) is 0 Å². The van der Waals surface area contributed by atoms with Crippen molar-refractivity contribution in [2.45, 2.75) is 36.7 Å². The fourth-order valence-electron chi connectivity index (χ4n) is 3.22. The normalized spacial score (nSPS) is 22.3. The van der Waals surface area contributed by atoms with Crippen molar-refractivity contribution >= 4 is 10.0 Å². The smallest absolute Gasteiger partial charge is 0.243 e. The Morgan fingerprint density at radius 2 is 1.70 bits per heavy atom. The first-order valence-electron chi connectivity index (χ1n) is 7.80. The lowest BCUT2D eigenvalue weighted by Gasteiger charge is -2.29. The van der Waals surface area contributed by atoms with Crippen molar-refractivity contribution in [2.75, 3.05) is 6.61 Å². The average Bonchev–Trinajstić information content (AvgIpc) is 3.01. The van der Waals surface area contributed by atoms with Gasteiger partial charge in [-0.25, -0.2) is 8.42 Å². The Kier molecular flexibility index (Phi) is 4.53. The fraction of sp³-hybridized carbons (Fsp3) is 0.333. The number of hydrogen-bond donors (Lipinski definition) is 1. The summed E-state index contributed by atoms with van der Waals surface area (Å²) in [5.41, 5.74) is 1.99. The molecule has 23 heavy (non-hydrogen) atoms. The highest BCUT2D eigenvalue weighted by Crippen LogP contribution is 2.40. The number of sulfonamides is 1. The second-order valence-electron chi connectivity index (χ2n) is 5.99. The number of benzene rings is 2. The molecule has 2 atom stereocenters. The molecule has 1 heterocycles. The number of rotatable bonds is 4. The maximum atomic E-state index is 13.1. The Hall–Kier alpha value is -1.69. The fourth-order valence-corrected chi connectivity index (χ4v) is 5.07. The molecule has 0 saturated carbocycles. The van der Waals surface area contributed by atoms with E-state index in [1.807, 2.05) is 37.3 Å². The monoisotopic (exact) mass is 331 g/mol.